The molecule has 0 aliphatic carbocycles. The zero-order valence-corrected chi connectivity index (χ0v) is 21.9. The van der Waals surface area contributed by atoms with Crippen LogP contribution in [0.1, 0.15) is 30.0 Å². The third-order valence-electron chi connectivity index (χ3n) is 4.59. The third kappa shape index (κ3) is 8.40. The lowest BCUT2D eigenvalue weighted by Gasteiger charge is -2.14. The van der Waals surface area contributed by atoms with Crippen molar-refractivity contribution in [1.82, 2.24) is 15.0 Å². The van der Waals surface area contributed by atoms with Gasteiger partial charge in [0.2, 0.25) is 0 Å². The van der Waals surface area contributed by atoms with Crippen molar-refractivity contribution in [2.45, 2.75) is 29.9 Å². The molecule has 184 valence electrons. The molecule has 0 radical (unpaired) electrons. The highest BCUT2D eigenvalue weighted by molar-refractivity contribution is 7.99. The maximum atomic E-state index is 10.8. The van der Waals surface area contributed by atoms with Crippen molar-refractivity contribution in [3.63, 3.8) is 0 Å². The normalized spacial score (nSPS) is 11.0. The molecule has 1 atom stereocenters. The Morgan fingerprint density at radius 2 is 1.91 bits per heavy atom. The number of hydrogen-bond donors (Lipinski definition) is 2. The number of rotatable bonds is 10. The molecule has 4 rings (SSSR count). The summed E-state index contributed by atoms with van der Waals surface area (Å²) in [5, 5.41) is 14.7. The molecule has 0 spiro atoms. The van der Waals surface area contributed by atoms with E-state index in [-0.39, 0.29) is 36.5 Å². The molecule has 7 nitrogen and oxygen atoms in total. The molecule has 1 unspecified atom stereocenters. The molecule has 4 aromatic rings. The number of aliphatic carboxylic acids is 1. The van der Waals surface area contributed by atoms with Crippen LogP contribution >= 0.6 is 47.9 Å². The van der Waals surface area contributed by atoms with Gasteiger partial charge >= 0.3 is 5.97 Å². The number of thiazole rings is 1. The number of carboxylic acids is 1. The predicted molar refractivity (Wildman–Crippen MR) is 145 cm³/mol. The van der Waals surface area contributed by atoms with Gasteiger partial charge < -0.3 is 15.2 Å². The van der Waals surface area contributed by atoms with Gasteiger partial charge in [0, 0.05) is 34.3 Å². The number of thioether (sulfide) groups is 1. The minimum absolute atomic E-state index is 0. The van der Waals surface area contributed by atoms with E-state index in [2.05, 4.69) is 27.2 Å². The number of carboxylic acid groups (broad SMARTS) is 1. The molecule has 3 aromatic heterocycles. The van der Waals surface area contributed by atoms with Crippen molar-refractivity contribution in [2.24, 2.45) is 0 Å². The van der Waals surface area contributed by atoms with Gasteiger partial charge in [0.15, 0.2) is 16.7 Å². The van der Waals surface area contributed by atoms with E-state index in [4.69, 9.17) is 9.84 Å². The smallest absolute Gasteiger partial charge is 0.303 e. The van der Waals surface area contributed by atoms with E-state index >= 15 is 0 Å². The Bertz CT molecular complexity index is 1210. The number of anilines is 2. The topological polar surface area (TPSA) is 97.2 Å². The Balaban J connectivity index is 0.00000216. The number of benzene rings is 1. The van der Waals surface area contributed by atoms with Gasteiger partial charge in [-0.25, -0.2) is 9.97 Å². The van der Waals surface area contributed by atoms with E-state index in [1.165, 1.54) is 11.3 Å². The summed E-state index contributed by atoms with van der Waals surface area (Å²) in [6.07, 6.45) is 4.02. The van der Waals surface area contributed by atoms with Gasteiger partial charge in [-0.05, 0) is 37.3 Å². The van der Waals surface area contributed by atoms with Crippen LogP contribution in [0.25, 0.3) is 0 Å². The molecular formula is C24H24Cl2N4O3S2. The van der Waals surface area contributed by atoms with Crippen molar-refractivity contribution in [3.8, 4) is 11.5 Å². The van der Waals surface area contributed by atoms with Crippen LogP contribution in [0.5, 0.6) is 11.5 Å². The molecule has 0 saturated heterocycles. The number of carbonyl (C=O) groups is 1. The molecule has 0 aliphatic rings. The minimum atomic E-state index is -0.842. The molecule has 3 heterocycles. The first-order valence-corrected chi connectivity index (χ1v) is 12.1. The Morgan fingerprint density at radius 1 is 1.14 bits per heavy atom. The SMILES string of the molecule is CC(Sc1cnc(Nc2nc(CCC(=O)O)cs2)c(Oc2ccccc2)c1)c1ccccn1.Cl.Cl. The van der Waals surface area contributed by atoms with Gasteiger partial charge in [-0.1, -0.05) is 24.3 Å². The van der Waals surface area contributed by atoms with Gasteiger partial charge in [-0.2, -0.15) is 0 Å². The van der Waals surface area contributed by atoms with Crippen LogP contribution in [0.2, 0.25) is 0 Å². The van der Waals surface area contributed by atoms with E-state index in [9.17, 15) is 4.79 Å². The van der Waals surface area contributed by atoms with Crippen molar-refractivity contribution in [1.29, 1.82) is 0 Å². The maximum absolute atomic E-state index is 10.8. The fraction of sp³-hybridized carbons (Fsp3) is 0.167. The van der Waals surface area contributed by atoms with E-state index in [1.807, 2.05) is 60.0 Å². The Hall–Kier alpha value is -2.85. The highest BCUT2D eigenvalue weighted by atomic mass is 35.5. The Kier molecular flexibility index (Phi) is 11.3. The highest BCUT2D eigenvalue weighted by Crippen LogP contribution is 2.39. The van der Waals surface area contributed by atoms with Gasteiger partial charge in [-0.15, -0.1) is 47.9 Å². The van der Waals surface area contributed by atoms with Crippen molar-refractivity contribution < 1.29 is 14.6 Å². The fourth-order valence-corrected chi connectivity index (χ4v) is 4.68. The quantitative estimate of drug-likeness (QED) is 0.200. The van der Waals surface area contributed by atoms with Gasteiger partial charge in [0.1, 0.15) is 5.75 Å². The number of nitrogens with zero attached hydrogens (tertiary/aromatic N) is 3. The number of para-hydroxylation sites is 1. The lowest BCUT2D eigenvalue weighted by atomic mass is 10.2. The second-order valence-electron chi connectivity index (χ2n) is 7.11. The fourth-order valence-electron chi connectivity index (χ4n) is 2.97. The highest BCUT2D eigenvalue weighted by Gasteiger charge is 2.15. The number of nitrogens with one attached hydrogen (secondary N) is 1. The zero-order chi connectivity index (χ0) is 23.0. The molecule has 0 bridgehead atoms. The van der Waals surface area contributed by atoms with Crippen molar-refractivity contribution in [2.75, 3.05) is 5.32 Å². The Morgan fingerprint density at radius 3 is 2.63 bits per heavy atom. The van der Waals surface area contributed by atoms with E-state index in [0.29, 0.717) is 28.9 Å². The molecule has 0 aliphatic heterocycles. The lowest BCUT2D eigenvalue weighted by Crippen LogP contribution is -2.00. The summed E-state index contributed by atoms with van der Waals surface area (Å²) < 4.78 is 6.14. The van der Waals surface area contributed by atoms with Crippen LogP contribution in [0.3, 0.4) is 0 Å². The number of halogens is 2. The number of hydrogen-bond acceptors (Lipinski definition) is 8. The standard InChI is InChI=1S/C24H22N4O3S2.2ClH/c1-16(20-9-5-6-12-25-20)33-19-13-21(31-18-7-3-2-4-8-18)23(26-14-19)28-24-27-17(15-32-24)10-11-22(29)30;;/h2-9,12-16H,10-11H2,1H3,(H,29,30)(H,26,27,28);2*1H. The zero-order valence-electron chi connectivity index (χ0n) is 18.7. The first-order chi connectivity index (χ1) is 16.1. The van der Waals surface area contributed by atoms with Gasteiger partial charge in [0.05, 0.1) is 17.8 Å². The summed E-state index contributed by atoms with van der Waals surface area (Å²) in [5.41, 5.74) is 1.72. The van der Waals surface area contributed by atoms with Gasteiger partial charge in [-0.3, -0.25) is 9.78 Å². The summed E-state index contributed by atoms with van der Waals surface area (Å²) in [6.45, 7) is 2.10. The van der Waals surface area contributed by atoms with Crippen LogP contribution in [-0.2, 0) is 11.2 Å². The Labute approximate surface area is 224 Å². The number of aryl methyl sites for hydroxylation is 1. The molecular weight excluding hydrogens is 527 g/mol. The largest absolute Gasteiger partial charge is 0.481 e. The summed E-state index contributed by atoms with van der Waals surface area (Å²) in [4.78, 5) is 25.3. The van der Waals surface area contributed by atoms with Crippen molar-refractivity contribution >= 4 is 64.8 Å². The summed E-state index contributed by atoms with van der Waals surface area (Å²) in [5.74, 6) is 0.962. The molecule has 0 fully saturated rings. The number of ether oxygens (including phenoxy) is 1. The van der Waals surface area contributed by atoms with Crippen LogP contribution in [-0.4, -0.2) is 26.0 Å². The molecule has 11 heteroatoms. The minimum Gasteiger partial charge on any atom is -0.481 e. The van der Waals surface area contributed by atoms with Crippen molar-refractivity contribution in [3.05, 3.63) is 83.8 Å². The molecule has 0 amide bonds. The van der Waals surface area contributed by atoms with Gasteiger partial charge in [0.25, 0.3) is 0 Å². The van der Waals surface area contributed by atoms with E-state index < -0.39 is 5.97 Å². The van der Waals surface area contributed by atoms with Crippen LogP contribution in [0.4, 0.5) is 10.9 Å². The van der Waals surface area contributed by atoms with E-state index in [0.717, 1.165) is 16.3 Å². The average molecular weight is 552 g/mol. The first kappa shape index (κ1) is 28.4. The monoisotopic (exact) mass is 550 g/mol. The summed E-state index contributed by atoms with van der Waals surface area (Å²) in [6, 6.07) is 17.4. The maximum Gasteiger partial charge on any atom is 0.303 e. The van der Waals surface area contributed by atoms with Crippen LogP contribution in [0, 0.1) is 0 Å². The molecule has 1 aromatic carbocycles. The second-order valence-corrected chi connectivity index (χ2v) is 9.38. The average Bonchev–Trinajstić information content (AvgIpc) is 3.28. The summed E-state index contributed by atoms with van der Waals surface area (Å²) in [7, 11) is 0. The first-order valence-electron chi connectivity index (χ1n) is 10.3. The van der Waals surface area contributed by atoms with E-state index in [1.54, 1.807) is 24.2 Å². The van der Waals surface area contributed by atoms with Crippen LogP contribution in [0.15, 0.2) is 77.3 Å². The number of aromatic nitrogens is 3. The molecule has 35 heavy (non-hydrogen) atoms. The summed E-state index contributed by atoms with van der Waals surface area (Å²) >= 11 is 3.05. The molecule has 0 saturated carbocycles. The number of pyridine rings is 2. The predicted octanol–water partition coefficient (Wildman–Crippen LogP) is 7.18. The second kappa shape index (κ2) is 13.9. The lowest BCUT2D eigenvalue weighted by molar-refractivity contribution is -0.136. The van der Waals surface area contributed by atoms with Crippen LogP contribution < -0.4 is 10.1 Å². The molecule has 2 N–H and O–H groups in total. The third-order valence-corrected chi connectivity index (χ3v) is 6.48.